The standard InChI is InChI=1S/C25H38N4O5S/c1-7-10-17(2)27-22(31)21(18-11-8-9-12-20(18)30)29(15-14-26)23(32)19(13-16-35-6)28-24(33)34-25(3,4)5/h8-9,11-12,17,19,21,30H,7,10,13,15-16H2,1-6H3,(H,27,31)(H,28,33). The first-order chi connectivity index (χ1) is 16.4. The lowest BCUT2D eigenvalue weighted by Crippen LogP contribution is -2.53. The molecule has 0 bridgehead atoms. The van der Waals surface area contributed by atoms with E-state index in [1.165, 1.54) is 17.8 Å². The van der Waals surface area contributed by atoms with E-state index in [4.69, 9.17) is 4.74 Å². The average Bonchev–Trinajstić information content (AvgIpc) is 2.75. The van der Waals surface area contributed by atoms with E-state index < -0.39 is 42.1 Å². The Morgan fingerprint density at radius 1 is 1.20 bits per heavy atom. The number of amides is 3. The van der Waals surface area contributed by atoms with Crippen LogP contribution in [0, 0.1) is 11.3 Å². The first-order valence-corrected chi connectivity index (χ1v) is 13.1. The molecule has 1 rings (SSSR count). The molecule has 0 aliphatic carbocycles. The van der Waals surface area contributed by atoms with Gasteiger partial charge in [-0.15, -0.1) is 0 Å². The topological polar surface area (TPSA) is 132 Å². The number of nitrogens with one attached hydrogen (secondary N) is 2. The molecule has 0 saturated carbocycles. The van der Waals surface area contributed by atoms with Crippen LogP contribution in [0.4, 0.5) is 4.79 Å². The van der Waals surface area contributed by atoms with Crippen LogP contribution in [0.2, 0.25) is 0 Å². The molecule has 194 valence electrons. The number of para-hydroxylation sites is 1. The summed E-state index contributed by atoms with van der Waals surface area (Å²) < 4.78 is 5.32. The molecule has 10 heteroatoms. The van der Waals surface area contributed by atoms with Crippen LogP contribution >= 0.6 is 11.8 Å². The number of nitriles is 1. The zero-order valence-corrected chi connectivity index (χ0v) is 22.3. The molecule has 3 N–H and O–H groups in total. The van der Waals surface area contributed by atoms with Crippen molar-refractivity contribution in [1.29, 1.82) is 5.26 Å². The van der Waals surface area contributed by atoms with Crippen molar-refractivity contribution in [3.8, 4) is 11.8 Å². The maximum Gasteiger partial charge on any atom is 0.408 e. The molecule has 1 aromatic rings. The minimum atomic E-state index is -1.26. The van der Waals surface area contributed by atoms with E-state index in [2.05, 4.69) is 10.6 Å². The lowest BCUT2D eigenvalue weighted by molar-refractivity contribution is -0.142. The minimum absolute atomic E-state index is 0.174. The summed E-state index contributed by atoms with van der Waals surface area (Å²) in [4.78, 5) is 40.7. The minimum Gasteiger partial charge on any atom is -0.508 e. The molecule has 0 saturated heterocycles. The fraction of sp³-hybridized carbons (Fsp3) is 0.600. The zero-order chi connectivity index (χ0) is 26.6. The van der Waals surface area contributed by atoms with Crippen molar-refractivity contribution in [1.82, 2.24) is 15.5 Å². The van der Waals surface area contributed by atoms with Crippen LogP contribution in [0.3, 0.4) is 0 Å². The molecular formula is C25H38N4O5S. The van der Waals surface area contributed by atoms with Gasteiger partial charge in [-0.25, -0.2) is 4.79 Å². The summed E-state index contributed by atoms with van der Waals surface area (Å²) in [6, 6.07) is 5.69. The Balaban J connectivity index is 3.42. The Labute approximate surface area is 212 Å². The molecule has 3 atom stereocenters. The molecule has 3 amide bonds. The fourth-order valence-corrected chi connectivity index (χ4v) is 3.98. The number of phenols is 1. The SMILES string of the molecule is CCCC(C)NC(=O)C(c1ccccc1O)N(CC#N)C(=O)C(CCSC)NC(=O)OC(C)(C)C. The van der Waals surface area contributed by atoms with E-state index in [0.717, 1.165) is 17.7 Å². The van der Waals surface area contributed by atoms with Crippen LogP contribution in [-0.4, -0.2) is 64.2 Å². The lowest BCUT2D eigenvalue weighted by Gasteiger charge is -2.33. The number of nitrogens with zero attached hydrogens (tertiary/aromatic N) is 2. The molecule has 0 fully saturated rings. The van der Waals surface area contributed by atoms with Crippen LogP contribution in [-0.2, 0) is 14.3 Å². The van der Waals surface area contributed by atoms with Crippen LogP contribution in [0.25, 0.3) is 0 Å². The highest BCUT2D eigenvalue weighted by Crippen LogP contribution is 2.30. The van der Waals surface area contributed by atoms with E-state index in [9.17, 15) is 24.8 Å². The molecule has 0 radical (unpaired) electrons. The van der Waals surface area contributed by atoms with E-state index >= 15 is 0 Å². The van der Waals surface area contributed by atoms with Gasteiger partial charge >= 0.3 is 6.09 Å². The van der Waals surface area contributed by atoms with Gasteiger partial charge in [-0.3, -0.25) is 9.59 Å². The molecule has 3 unspecified atom stereocenters. The van der Waals surface area contributed by atoms with Gasteiger partial charge in [0, 0.05) is 11.6 Å². The number of benzene rings is 1. The number of thioether (sulfide) groups is 1. The van der Waals surface area contributed by atoms with Gasteiger partial charge in [0.25, 0.3) is 0 Å². The Hall–Kier alpha value is -2.93. The number of hydrogen-bond acceptors (Lipinski definition) is 7. The van der Waals surface area contributed by atoms with E-state index in [1.807, 2.05) is 26.2 Å². The smallest absolute Gasteiger partial charge is 0.408 e. The van der Waals surface area contributed by atoms with Crippen LogP contribution < -0.4 is 10.6 Å². The second-order valence-electron chi connectivity index (χ2n) is 9.26. The fourth-order valence-electron chi connectivity index (χ4n) is 3.51. The van der Waals surface area contributed by atoms with Gasteiger partial charge in [0.2, 0.25) is 11.8 Å². The summed E-state index contributed by atoms with van der Waals surface area (Å²) >= 11 is 1.49. The first-order valence-electron chi connectivity index (χ1n) is 11.7. The summed E-state index contributed by atoms with van der Waals surface area (Å²) in [5, 5.41) is 25.5. The van der Waals surface area contributed by atoms with Crippen molar-refractivity contribution in [2.24, 2.45) is 0 Å². The van der Waals surface area contributed by atoms with Crippen LogP contribution in [0.5, 0.6) is 5.75 Å². The molecule has 0 aliphatic heterocycles. The van der Waals surface area contributed by atoms with Crippen molar-refractivity contribution >= 4 is 29.7 Å². The van der Waals surface area contributed by atoms with E-state index in [-0.39, 0.29) is 23.8 Å². The van der Waals surface area contributed by atoms with Gasteiger partial charge in [-0.1, -0.05) is 31.5 Å². The third kappa shape index (κ3) is 10.1. The third-order valence-electron chi connectivity index (χ3n) is 5.03. The Kier molecular flexibility index (Phi) is 12.4. The van der Waals surface area contributed by atoms with Crippen molar-refractivity contribution in [3.05, 3.63) is 29.8 Å². The van der Waals surface area contributed by atoms with E-state index in [0.29, 0.717) is 5.75 Å². The van der Waals surface area contributed by atoms with Crippen LogP contribution in [0.1, 0.15) is 65.5 Å². The lowest BCUT2D eigenvalue weighted by atomic mass is 10.0. The van der Waals surface area contributed by atoms with Gasteiger partial charge in [-0.05, 0) is 58.6 Å². The predicted octanol–water partition coefficient (Wildman–Crippen LogP) is 3.74. The van der Waals surface area contributed by atoms with E-state index in [1.54, 1.807) is 39.0 Å². The average molecular weight is 507 g/mol. The summed E-state index contributed by atoms with van der Waals surface area (Å²) in [7, 11) is 0. The summed E-state index contributed by atoms with van der Waals surface area (Å²) in [6.07, 6.45) is 2.94. The number of hydrogen-bond donors (Lipinski definition) is 3. The molecular weight excluding hydrogens is 468 g/mol. The van der Waals surface area contributed by atoms with Gasteiger partial charge in [-0.2, -0.15) is 17.0 Å². The number of carbonyl (C=O) groups excluding carboxylic acids is 3. The van der Waals surface area contributed by atoms with Gasteiger partial charge in [0.05, 0.1) is 6.07 Å². The number of phenolic OH excluding ortho intramolecular Hbond substituents is 1. The molecule has 0 spiro atoms. The first kappa shape index (κ1) is 30.1. The molecule has 0 aromatic heterocycles. The quantitative estimate of drug-likeness (QED) is 0.368. The maximum absolute atomic E-state index is 13.7. The Bertz CT molecular complexity index is 897. The van der Waals surface area contributed by atoms with Crippen LogP contribution in [0.15, 0.2) is 24.3 Å². The summed E-state index contributed by atoms with van der Waals surface area (Å²) in [5.41, 5.74) is -0.574. The van der Waals surface area contributed by atoms with Crippen molar-refractivity contribution in [3.63, 3.8) is 0 Å². The Morgan fingerprint density at radius 2 is 1.86 bits per heavy atom. The van der Waals surface area contributed by atoms with Gasteiger partial charge in [0.15, 0.2) is 0 Å². The molecule has 9 nitrogen and oxygen atoms in total. The number of rotatable bonds is 12. The number of aromatic hydroxyl groups is 1. The summed E-state index contributed by atoms with van der Waals surface area (Å²) in [6.45, 7) is 8.56. The Morgan fingerprint density at radius 3 is 2.40 bits per heavy atom. The van der Waals surface area contributed by atoms with Crippen molar-refractivity contribution in [2.45, 2.75) is 77.6 Å². The summed E-state index contributed by atoms with van der Waals surface area (Å²) in [5.74, 6) is -0.754. The molecule has 1 aromatic carbocycles. The number of alkyl carbamates (subject to hydrolysis) is 1. The maximum atomic E-state index is 13.7. The largest absolute Gasteiger partial charge is 0.508 e. The van der Waals surface area contributed by atoms with Crippen molar-refractivity contribution < 1.29 is 24.2 Å². The second kappa shape index (κ2) is 14.5. The highest BCUT2D eigenvalue weighted by atomic mass is 32.2. The third-order valence-corrected chi connectivity index (χ3v) is 5.67. The highest BCUT2D eigenvalue weighted by Gasteiger charge is 2.37. The van der Waals surface area contributed by atoms with Crippen molar-refractivity contribution in [2.75, 3.05) is 18.6 Å². The van der Waals surface area contributed by atoms with Gasteiger partial charge in [0.1, 0.15) is 30.0 Å². The zero-order valence-electron chi connectivity index (χ0n) is 21.5. The molecule has 35 heavy (non-hydrogen) atoms. The monoisotopic (exact) mass is 506 g/mol. The highest BCUT2D eigenvalue weighted by molar-refractivity contribution is 7.98. The second-order valence-corrected chi connectivity index (χ2v) is 10.2. The molecule has 0 heterocycles. The molecule has 0 aliphatic rings. The normalized spacial score (nSPS) is 13.6. The predicted molar refractivity (Wildman–Crippen MR) is 137 cm³/mol. The number of ether oxygens (including phenoxy) is 1. The van der Waals surface area contributed by atoms with Gasteiger partial charge < -0.3 is 25.4 Å². The number of carbonyl (C=O) groups is 3.